The van der Waals surface area contributed by atoms with Gasteiger partial charge in [-0.05, 0) is 18.6 Å². The van der Waals surface area contributed by atoms with Crippen LogP contribution in [0, 0.1) is 0 Å². The van der Waals surface area contributed by atoms with Crippen LogP contribution < -0.4 is 10.2 Å². The highest BCUT2D eigenvalue weighted by atomic mass is 16.5. The van der Waals surface area contributed by atoms with Crippen molar-refractivity contribution in [3.63, 3.8) is 0 Å². The van der Waals surface area contributed by atoms with Gasteiger partial charge in [-0.3, -0.25) is 0 Å². The van der Waals surface area contributed by atoms with Crippen molar-refractivity contribution < 1.29 is 4.74 Å². The minimum atomic E-state index is 0.757. The van der Waals surface area contributed by atoms with Crippen molar-refractivity contribution in [1.29, 1.82) is 0 Å². The maximum Gasteiger partial charge on any atom is 0.212 e. The van der Waals surface area contributed by atoms with Crippen LogP contribution in [0.3, 0.4) is 0 Å². The summed E-state index contributed by atoms with van der Waals surface area (Å²) in [5, 5.41) is 0. The second kappa shape index (κ2) is 5.62. The summed E-state index contributed by atoms with van der Waals surface area (Å²) in [6.45, 7) is 5.06. The molecule has 0 saturated heterocycles. The van der Waals surface area contributed by atoms with E-state index < -0.39 is 0 Å². The average molecular weight is 177 g/mol. The quantitative estimate of drug-likeness (QED) is 0.500. The van der Waals surface area contributed by atoms with E-state index in [4.69, 9.17) is 4.74 Å². The lowest BCUT2D eigenvalue weighted by atomic mass is 9.74. The Balaban J connectivity index is 2.46. The van der Waals surface area contributed by atoms with Gasteiger partial charge in [0.25, 0.3) is 0 Å². The highest BCUT2D eigenvalue weighted by Crippen LogP contribution is 2.02. The lowest BCUT2D eigenvalue weighted by molar-refractivity contribution is 0.298. The molecule has 1 heterocycles. The highest BCUT2D eigenvalue weighted by molar-refractivity contribution is 6.51. The number of rotatable bonds is 5. The predicted molar refractivity (Wildman–Crippen MR) is 57.3 cm³/mol. The van der Waals surface area contributed by atoms with Crippen LogP contribution in [0.15, 0.2) is 18.3 Å². The number of nitrogens with zero attached hydrogens (tertiary/aromatic N) is 1. The Morgan fingerprint density at radius 3 is 3.08 bits per heavy atom. The lowest BCUT2D eigenvalue weighted by Gasteiger charge is -2.04. The molecule has 0 N–H and O–H groups in total. The van der Waals surface area contributed by atoms with Crippen LogP contribution >= 0.6 is 0 Å². The summed E-state index contributed by atoms with van der Waals surface area (Å²) in [7, 11) is 1.03. The molecule has 0 atom stereocenters. The van der Waals surface area contributed by atoms with E-state index in [1.54, 1.807) is 6.20 Å². The Kier molecular flexibility index (Phi) is 4.37. The van der Waals surface area contributed by atoms with Crippen molar-refractivity contribution in [2.24, 2.45) is 0 Å². The van der Waals surface area contributed by atoms with Gasteiger partial charge in [0.2, 0.25) is 5.88 Å². The van der Waals surface area contributed by atoms with Crippen LogP contribution in [0.1, 0.15) is 19.8 Å². The van der Waals surface area contributed by atoms with Gasteiger partial charge < -0.3 is 4.74 Å². The van der Waals surface area contributed by atoms with Gasteiger partial charge in [-0.1, -0.05) is 25.6 Å². The summed E-state index contributed by atoms with van der Waals surface area (Å²) in [6, 6.07) is 4.03. The van der Waals surface area contributed by atoms with Crippen LogP contribution in [0.2, 0.25) is 6.82 Å². The normalized spacial score (nSPS) is 9.69. The molecule has 0 unspecified atom stereocenters. The van der Waals surface area contributed by atoms with Crippen molar-refractivity contribution in [2.45, 2.75) is 26.6 Å². The van der Waals surface area contributed by atoms with E-state index in [9.17, 15) is 0 Å². The Bertz CT molecular complexity index is 252. The fourth-order valence-corrected chi connectivity index (χ4v) is 1.07. The maximum absolute atomic E-state index is 5.48. The molecule has 0 bridgehead atoms. The lowest BCUT2D eigenvalue weighted by Crippen LogP contribution is -2.11. The summed E-state index contributed by atoms with van der Waals surface area (Å²) in [5.41, 5.74) is 1.28. The Morgan fingerprint density at radius 2 is 2.38 bits per heavy atom. The fourth-order valence-electron chi connectivity index (χ4n) is 1.07. The van der Waals surface area contributed by atoms with E-state index in [1.165, 1.54) is 5.46 Å². The predicted octanol–water partition coefficient (Wildman–Crippen LogP) is 1.37. The minimum Gasteiger partial charge on any atom is -0.478 e. The van der Waals surface area contributed by atoms with E-state index >= 15 is 0 Å². The SMILES string of the molecule is CBc1ccnc(OCCCC)c1. The first-order chi connectivity index (χ1) is 6.36. The number of hydrogen-bond acceptors (Lipinski definition) is 2. The maximum atomic E-state index is 5.48. The zero-order valence-corrected chi connectivity index (χ0v) is 8.42. The van der Waals surface area contributed by atoms with Gasteiger partial charge in [-0.15, -0.1) is 0 Å². The molecule has 1 aromatic heterocycles. The van der Waals surface area contributed by atoms with E-state index in [0.717, 1.165) is 32.6 Å². The molecular weight excluding hydrogens is 161 g/mol. The zero-order valence-electron chi connectivity index (χ0n) is 8.42. The van der Waals surface area contributed by atoms with Crippen LogP contribution in [0.4, 0.5) is 0 Å². The molecule has 13 heavy (non-hydrogen) atoms. The Labute approximate surface area is 80.6 Å². The number of pyridine rings is 1. The molecule has 0 aromatic carbocycles. The first-order valence-electron chi connectivity index (χ1n) is 4.94. The van der Waals surface area contributed by atoms with Gasteiger partial charge in [-0.25, -0.2) is 4.98 Å². The largest absolute Gasteiger partial charge is 0.478 e. The summed E-state index contributed by atoms with van der Waals surface area (Å²) >= 11 is 0. The van der Waals surface area contributed by atoms with Gasteiger partial charge in [0, 0.05) is 6.20 Å². The molecule has 0 aliphatic heterocycles. The Morgan fingerprint density at radius 1 is 1.54 bits per heavy atom. The molecule has 1 rings (SSSR count). The van der Waals surface area contributed by atoms with Gasteiger partial charge >= 0.3 is 0 Å². The molecule has 70 valence electrons. The standard InChI is InChI=1S/C10H16BNO/c1-3-4-7-13-10-8-9(11-2)5-6-12-10/h5-6,8,11H,3-4,7H2,1-2H3. The third kappa shape index (κ3) is 3.49. The molecule has 0 radical (unpaired) electrons. The molecule has 0 spiro atoms. The number of ether oxygens (including phenoxy) is 1. The van der Waals surface area contributed by atoms with Crippen LogP contribution in [-0.4, -0.2) is 18.9 Å². The third-order valence-electron chi connectivity index (χ3n) is 1.96. The Hall–Kier alpha value is -0.985. The van der Waals surface area contributed by atoms with Crippen LogP contribution in [0.5, 0.6) is 5.88 Å². The smallest absolute Gasteiger partial charge is 0.212 e. The van der Waals surface area contributed by atoms with E-state index in [-0.39, 0.29) is 0 Å². The van der Waals surface area contributed by atoms with E-state index in [0.29, 0.717) is 0 Å². The van der Waals surface area contributed by atoms with E-state index in [2.05, 4.69) is 18.7 Å². The topological polar surface area (TPSA) is 22.1 Å². The second-order valence-electron chi connectivity index (χ2n) is 3.06. The molecule has 0 aliphatic carbocycles. The summed E-state index contributed by atoms with van der Waals surface area (Å²) in [6.07, 6.45) is 4.06. The summed E-state index contributed by atoms with van der Waals surface area (Å²) in [5.74, 6) is 0.757. The first-order valence-corrected chi connectivity index (χ1v) is 4.94. The zero-order chi connectivity index (χ0) is 9.52. The minimum absolute atomic E-state index is 0.757. The first kappa shape index (κ1) is 10.1. The van der Waals surface area contributed by atoms with Crippen molar-refractivity contribution in [2.75, 3.05) is 6.61 Å². The number of aromatic nitrogens is 1. The second-order valence-corrected chi connectivity index (χ2v) is 3.06. The number of unbranched alkanes of at least 4 members (excludes halogenated alkanes) is 1. The van der Waals surface area contributed by atoms with Crippen LogP contribution in [0.25, 0.3) is 0 Å². The van der Waals surface area contributed by atoms with Crippen molar-refractivity contribution in [3.05, 3.63) is 18.3 Å². The van der Waals surface area contributed by atoms with Gasteiger partial charge in [-0.2, -0.15) is 0 Å². The summed E-state index contributed by atoms with van der Waals surface area (Å²) < 4.78 is 5.48. The van der Waals surface area contributed by atoms with Gasteiger partial charge in [0.15, 0.2) is 7.28 Å². The molecule has 0 saturated carbocycles. The third-order valence-corrected chi connectivity index (χ3v) is 1.96. The molecule has 2 nitrogen and oxygen atoms in total. The molecule has 0 amide bonds. The molecule has 0 aliphatic rings. The van der Waals surface area contributed by atoms with Gasteiger partial charge in [0.1, 0.15) is 0 Å². The number of hydrogen-bond donors (Lipinski definition) is 0. The fraction of sp³-hybridized carbons (Fsp3) is 0.500. The molecule has 0 fully saturated rings. The van der Waals surface area contributed by atoms with Crippen molar-refractivity contribution in [1.82, 2.24) is 4.98 Å². The molecule has 1 aromatic rings. The molecule has 3 heteroatoms. The van der Waals surface area contributed by atoms with Gasteiger partial charge in [0.05, 0.1) is 6.61 Å². The van der Waals surface area contributed by atoms with Crippen molar-refractivity contribution in [3.8, 4) is 5.88 Å². The molecular formula is C10H16BNO. The van der Waals surface area contributed by atoms with Crippen molar-refractivity contribution >= 4 is 12.7 Å². The van der Waals surface area contributed by atoms with E-state index in [1.807, 2.05) is 12.1 Å². The average Bonchev–Trinajstić information content (AvgIpc) is 2.19. The summed E-state index contributed by atoms with van der Waals surface area (Å²) in [4.78, 5) is 4.14. The highest BCUT2D eigenvalue weighted by Gasteiger charge is 1.96. The monoisotopic (exact) mass is 177 g/mol. The van der Waals surface area contributed by atoms with Crippen LogP contribution in [-0.2, 0) is 0 Å².